The second-order valence-corrected chi connectivity index (χ2v) is 5.29. The number of anilines is 1. The average molecular weight is 285 g/mol. The molecule has 1 fully saturated rings. The van der Waals surface area contributed by atoms with Crippen LogP contribution in [0.5, 0.6) is 11.5 Å². The smallest absolute Gasteiger partial charge is 0.395 e. The molecule has 0 aromatic heterocycles. The van der Waals surface area contributed by atoms with E-state index in [1.54, 1.807) is 6.07 Å². The number of benzene rings is 1. The van der Waals surface area contributed by atoms with Gasteiger partial charge >= 0.3 is 6.29 Å². The van der Waals surface area contributed by atoms with Gasteiger partial charge in [0.25, 0.3) is 0 Å². The quantitative estimate of drug-likeness (QED) is 0.820. The maximum atomic E-state index is 12.9. The Kier molecular flexibility index (Phi) is 3.41. The second-order valence-electron chi connectivity index (χ2n) is 5.29. The summed E-state index contributed by atoms with van der Waals surface area (Å²) in [7, 11) is 0. The molecule has 1 aliphatic heterocycles. The van der Waals surface area contributed by atoms with Crippen LogP contribution in [0.4, 0.5) is 14.5 Å². The van der Waals surface area contributed by atoms with Gasteiger partial charge in [-0.05, 0) is 25.0 Å². The lowest BCUT2D eigenvalue weighted by Gasteiger charge is -2.23. The molecule has 1 heterocycles. The number of alkyl halides is 2. The van der Waals surface area contributed by atoms with E-state index in [0.717, 1.165) is 32.1 Å². The number of aliphatic hydroxyl groups is 1. The Hall–Kier alpha value is -1.56. The Morgan fingerprint density at radius 1 is 1.10 bits per heavy atom. The first-order valence-corrected chi connectivity index (χ1v) is 6.88. The maximum Gasteiger partial charge on any atom is 0.586 e. The summed E-state index contributed by atoms with van der Waals surface area (Å²) in [6.07, 6.45) is 0.811. The minimum absolute atomic E-state index is 0.0168. The van der Waals surface area contributed by atoms with Crippen LogP contribution in [0, 0.1) is 0 Å². The minimum Gasteiger partial charge on any atom is -0.395 e. The van der Waals surface area contributed by atoms with Crippen molar-refractivity contribution in [2.24, 2.45) is 0 Å². The van der Waals surface area contributed by atoms with Crippen LogP contribution in [0.1, 0.15) is 32.1 Å². The number of ether oxygens (including phenoxy) is 2. The largest absolute Gasteiger partial charge is 0.586 e. The second kappa shape index (κ2) is 5.09. The molecule has 6 heteroatoms. The fourth-order valence-corrected chi connectivity index (χ4v) is 2.71. The molecule has 2 unspecified atom stereocenters. The predicted molar refractivity (Wildman–Crippen MR) is 69.1 cm³/mol. The number of hydrogen-bond donors (Lipinski definition) is 2. The number of aliphatic hydroxyl groups excluding tert-OH is 1. The molecule has 0 amide bonds. The van der Waals surface area contributed by atoms with E-state index in [9.17, 15) is 13.9 Å². The van der Waals surface area contributed by atoms with E-state index in [0.29, 0.717) is 5.69 Å². The van der Waals surface area contributed by atoms with Gasteiger partial charge in [-0.15, -0.1) is 8.78 Å². The fraction of sp³-hybridized carbons (Fsp3) is 0.571. The molecule has 0 spiro atoms. The third-order valence-corrected chi connectivity index (χ3v) is 3.73. The molecule has 0 saturated heterocycles. The Morgan fingerprint density at radius 2 is 1.85 bits per heavy atom. The van der Waals surface area contributed by atoms with Crippen LogP contribution in [0.15, 0.2) is 18.2 Å². The van der Waals surface area contributed by atoms with Crippen LogP contribution >= 0.6 is 0 Å². The molecule has 3 rings (SSSR count). The van der Waals surface area contributed by atoms with Gasteiger partial charge in [-0.25, -0.2) is 0 Å². The zero-order chi connectivity index (χ0) is 14.2. The van der Waals surface area contributed by atoms with Crippen LogP contribution in [0.25, 0.3) is 0 Å². The molecule has 1 aromatic rings. The van der Waals surface area contributed by atoms with E-state index < -0.39 is 12.4 Å². The topological polar surface area (TPSA) is 50.7 Å². The first-order chi connectivity index (χ1) is 9.53. The highest BCUT2D eigenvalue weighted by Gasteiger charge is 2.43. The van der Waals surface area contributed by atoms with E-state index in [4.69, 9.17) is 0 Å². The summed E-state index contributed by atoms with van der Waals surface area (Å²) >= 11 is 0. The Bertz CT molecular complexity index is 495. The Balaban J connectivity index is 1.72. The molecule has 110 valence electrons. The first-order valence-electron chi connectivity index (χ1n) is 6.88. The summed E-state index contributed by atoms with van der Waals surface area (Å²) in [5, 5.41) is 13.2. The summed E-state index contributed by atoms with van der Waals surface area (Å²) in [6, 6.07) is 4.52. The summed E-state index contributed by atoms with van der Waals surface area (Å²) in [5.74, 6) is 0.0464. The molecule has 1 saturated carbocycles. The lowest BCUT2D eigenvalue weighted by Crippen LogP contribution is -2.32. The van der Waals surface area contributed by atoms with E-state index in [1.165, 1.54) is 12.1 Å². The molecule has 2 N–H and O–H groups in total. The predicted octanol–water partition coefficient (Wildman–Crippen LogP) is 3.11. The van der Waals surface area contributed by atoms with Crippen LogP contribution in [-0.2, 0) is 0 Å². The molecule has 1 aliphatic carbocycles. The van der Waals surface area contributed by atoms with Gasteiger partial charge in [0.1, 0.15) is 0 Å². The molecule has 20 heavy (non-hydrogen) atoms. The molecule has 1 aromatic carbocycles. The molecular formula is C14H17F2NO3. The van der Waals surface area contributed by atoms with E-state index in [2.05, 4.69) is 14.8 Å². The van der Waals surface area contributed by atoms with E-state index in [1.807, 2.05) is 0 Å². The normalized spacial score (nSPS) is 27.9. The van der Waals surface area contributed by atoms with E-state index >= 15 is 0 Å². The zero-order valence-electron chi connectivity index (χ0n) is 10.9. The van der Waals surface area contributed by atoms with Crippen molar-refractivity contribution in [1.82, 2.24) is 0 Å². The Labute approximate surface area is 115 Å². The molecule has 0 bridgehead atoms. The van der Waals surface area contributed by atoms with Crippen LogP contribution in [0.2, 0.25) is 0 Å². The average Bonchev–Trinajstić information content (AvgIpc) is 2.55. The molecular weight excluding hydrogens is 268 g/mol. The number of hydrogen-bond acceptors (Lipinski definition) is 4. The van der Waals surface area contributed by atoms with Crippen molar-refractivity contribution in [2.75, 3.05) is 5.32 Å². The van der Waals surface area contributed by atoms with Crippen molar-refractivity contribution in [1.29, 1.82) is 0 Å². The monoisotopic (exact) mass is 285 g/mol. The fourth-order valence-electron chi connectivity index (χ4n) is 2.71. The summed E-state index contributed by atoms with van der Waals surface area (Å²) in [5.41, 5.74) is 0.649. The molecule has 4 nitrogen and oxygen atoms in total. The third kappa shape index (κ3) is 2.80. The lowest BCUT2D eigenvalue weighted by molar-refractivity contribution is -0.286. The van der Waals surface area contributed by atoms with Gasteiger partial charge in [-0.1, -0.05) is 19.3 Å². The zero-order valence-corrected chi connectivity index (χ0v) is 10.9. The number of rotatable bonds is 2. The number of nitrogens with one attached hydrogen (secondary N) is 1. The SMILES string of the molecule is OC1CCCCCC1Nc1ccc2c(c1)OC(F)(F)O2. The van der Waals surface area contributed by atoms with Crippen LogP contribution in [-0.4, -0.2) is 23.5 Å². The maximum absolute atomic E-state index is 12.9. The standard InChI is InChI=1S/C14H17F2NO3/c15-14(16)19-12-7-6-9(8-13(12)20-14)17-10-4-2-1-3-5-11(10)18/h6-8,10-11,17-18H,1-5H2. The third-order valence-electron chi connectivity index (χ3n) is 3.73. The van der Waals surface area contributed by atoms with Gasteiger partial charge < -0.3 is 19.9 Å². The van der Waals surface area contributed by atoms with Gasteiger partial charge in [0.15, 0.2) is 11.5 Å². The molecule has 2 atom stereocenters. The van der Waals surface area contributed by atoms with Crippen LogP contribution < -0.4 is 14.8 Å². The van der Waals surface area contributed by atoms with Crippen molar-refractivity contribution in [3.63, 3.8) is 0 Å². The number of halogens is 2. The van der Waals surface area contributed by atoms with Gasteiger partial charge in [-0.2, -0.15) is 0 Å². The van der Waals surface area contributed by atoms with Crippen LogP contribution in [0.3, 0.4) is 0 Å². The van der Waals surface area contributed by atoms with Gasteiger partial charge in [-0.3, -0.25) is 0 Å². The van der Waals surface area contributed by atoms with E-state index in [-0.39, 0.29) is 17.5 Å². The lowest BCUT2D eigenvalue weighted by atomic mass is 10.1. The summed E-state index contributed by atoms with van der Waals surface area (Å²) in [4.78, 5) is 0. The first kappa shape index (κ1) is 13.4. The molecule has 2 aliphatic rings. The van der Waals surface area contributed by atoms with Crippen molar-refractivity contribution < 1.29 is 23.4 Å². The Morgan fingerprint density at radius 3 is 2.70 bits per heavy atom. The highest BCUT2D eigenvalue weighted by molar-refractivity contribution is 5.56. The van der Waals surface area contributed by atoms with Gasteiger partial charge in [0, 0.05) is 11.8 Å². The summed E-state index contributed by atoms with van der Waals surface area (Å²) < 4.78 is 34.6. The van der Waals surface area contributed by atoms with Crippen molar-refractivity contribution in [2.45, 2.75) is 50.5 Å². The highest BCUT2D eigenvalue weighted by Crippen LogP contribution is 2.42. The van der Waals surface area contributed by atoms with Gasteiger partial charge in [0.2, 0.25) is 0 Å². The highest BCUT2D eigenvalue weighted by atomic mass is 19.3. The van der Waals surface area contributed by atoms with Gasteiger partial charge in [0.05, 0.1) is 12.1 Å². The number of fused-ring (bicyclic) bond motifs is 1. The van der Waals surface area contributed by atoms with Crippen molar-refractivity contribution in [3.8, 4) is 11.5 Å². The van der Waals surface area contributed by atoms with Crippen molar-refractivity contribution in [3.05, 3.63) is 18.2 Å². The van der Waals surface area contributed by atoms with Crippen molar-refractivity contribution >= 4 is 5.69 Å². The minimum atomic E-state index is -3.59. The summed E-state index contributed by atoms with van der Waals surface area (Å²) in [6.45, 7) is 0. The molecule has 0 radical (unpaired) electrons.